The summed E-state index contributed by atoms with van der Waals surface area (Å²) < 4.78 is 0. The Morgan fingerprint density at radius 1 is 1.61 bits per heavy atom. The van der Waals surface area contributed by atoms with Crippen LogP contribution in [-0.4, -0.2) is 29.9 Å². The number of likely N-dealkylation sites (tertiary alicyclic amines) is 1. The van der Waals surface area contributed by atoms with Crippen LogP contribution in [0.1, 0.15) is 12.8 Å². The minimum Gasteiger partial charge on any atom is -0.325 e. The van der Waals surface area contributed by atoms with E-state index in [2.05, 4.69) is 11.4 Å². The molecule has 0 aliphatic carbocycles. The summed E-state index contributed by atoms with van der Waals surface area (Å²) in [6, 6.07) is 9.11. The normalized spacial score (nSPS) is 19.4. The molecule has 18 heavy (non-hydrogen) atoms. The number of carbonyl (C=O) groups excluding carboxylic acids is 1. The smallest absolute Gasteiger partial charge is 0.238 e. The molecule has 0 spiro atoms. The summed E-state index contributed by atoms with van der Waals surface area (Å²) in [4.78, 5) is 13.7. The summed E-state index contributed by atoms with van der Waals surface area (Å²) in [5.41, 5.74) is 0.681. The minimum atomic E-state index is -0.130. The maximum absolute atomic E-state index is 11.8. The van der Waals surface area contributed by atoms with Crippen molar-refractivity contribution >= 4 is 23.2 Å². The monoisotopic (exact) mass is 263 g/mol. The van der Waals surface area contributed by atoms with Crippen LogP contribution in [0.3, 0.4) is 0 Å². The van der Waals surface area contributed by atoms with Crippen LogP contribution in [0.4, 0.5) is 5.69 Å². The average Bonchev–Trinajstić information content (AvgIpc) is 2.76. The highest BCUT2D eigenvalue weighted by Gasteiger charge is 2.25. The van der Waals surface area contributed by atoms with E-state index in [4.69, 9.17) is 16.9 Å². The number of amides is 1. The van der Waals surface area contributed by atoms with Crippen molar-refractivity contribution in [1.29, 1.82) is 5.26 Å². The molecule has 1 unspecified atom stereocenters. The molecule has 0 saturated carbocycles. The van der Waals surface area contributed by atoms with Crippen molar-refractivity contribution in [1.82, 2.24) is 4.90 Å². The first-order valence-electron chi connectivity index (χ1n) is 5.88. The molecule has 1 N–H and O–H groups in total. The second kappa shape index (κ2) is 5.85. The molecule has 0 radical (unpaired) electrons. The summed E-state index contributed by atoms with van der Waals surface area (Å²) in [7, 11) is 0. The number of nitrogens with one attached hydrogen (secondary N) is 1. The zero-order valence-corrected chi connectivity index (χ0v) is 10.7. The summed E-state index contributed by atoms with van der Waals surface area (Å²) >= 11 is 5.84. The highest BCUT2D eigenvalue weighted by molar-refractivity contribution is 6.30. The average molecular weight is 264 g/mol. The van der Waals surface area contributed by atoms with Crippen LogP contribution < -0.4 is 5.32 Å². The molecule has 1 aromatic rings. The largest absolute Gasteiger partial charge is 0.325 e. The van der Waals surface area contributed by atoms with Crippen molar-refractivity contribution in [2.24, 2.45) is 0 Å². The first-order chi connectivity index (χ1) is 8.69. The number of hydrogen-bond acceptors (Lipinski definition) is 3. The zero-order chi connectivity index (χ0) is 13.0. The number of nitriles is 1. The predicted octanol–water partition coefficient (Wildman–Crippen LogP) is 2.27. The van der Waals surface area contributed by atoms with Gasteiger partial charge in [0.25, 0.3) is 0 Å². The van der Waals surface area contributed by atoms with Crippen LogP contribution in [0, 0.1) is 11.3 Å². The van der Waals surface area contributed by atoms with Gasteiger partial charge < -0.3 is 5.32 Å². The van der Waals surface area contributed by atoms with Crippen molar-refractivity contribution in [3.05, 3.63) is 29.3 Å². The van der Waals surface area contributed by atoms with Gasteiger partial charge in [-0.2, -0.15) is 5.26 Å². The number of anilines is 1. The molecular weight excluding hydrogens is 250 g/mol. The van der Waals surface area contributed by atoms with Gasteiger partial charge in [-0.25, -0.2) is 0 Å². The maximum Gasteiger partial charge on any atom is 0.238 e. The lowest BCUT2D eigenvalue weighted by atomic mass is 10.2. The van der Waals surface area contributed by atoms with Crippen molar-refractivity contribution in [3.63, 3.8) is 0 Å². The van der Waals surface area contributed by atoms with Gasteiger partial charge in [0.05, 0.1) is 18.7 Å². The second-order valence-electron chi connectivity index (χ2n) is 4.32. The fourth-order valence-electron chi connectivity index (χ4n) is 2.11. The third-order valence-corrected chi connectivity index (χ3v) is 3.20. The van der Waals surface area contributed by atoms with Crippen molar-refractivity contribution < 1.29 is 4.79 Å². The number of carbonyl (C=O) groups is 1. The van der Waals surface area contributed by atoms with Crippen LogP contribution >= 0.6 is 11.6 Å². The molecule has 1 aliphatic rings. The molecule has 1 fully saturated rings. The van der Waals surface area contributed by atoms with E-state index in [0.29, 0.717) is 10.7 Å². The van der Waals surface area contributed by atoms with Crippen molar-refractivity contribution in [2.75, 3.05) is 18.4 Å². The van der Waals surface area contributed by atoms with Gasteiger partial charge in [0.1, 0.15) is 0 Å². The standard InChI is InChI=1S/C13H14ClN3O/c14-10-3-1-4-11(7-10)16-13(18)9-17-6-2-5-12(17)8-15/h1,3-4,7,12H,2,5-6,9H2,(H,16,18). The molecule has 94 valence electrons. The highest BCUT2D eigenvalue weighted by Crippen LogP contribution is 2.17. The van der Waals surface area contributed by atoms with E-state index in [9.17, 15) is 4.79 Å². The number of hydrogen-bond donors (Lipinski definition) is 1. The van der Waals surface area contributed by atoms with E-state index in [1.807, 2.05) is 4.90 Å². The van der Waals surface area contributed by atoms with E-state index < -0.39 is 0 Å². The van der Waals surface area contributed by atoms with Crippen LogP contribution in [0.2, 0.25) is 5.02 Å². The van der Waals surface area contributed by atoms with Crippen molar-refractivity contribution in [2.45, 2.75) is 18.9 Å². The molecular formula is C13H14ClN3O. The van der Waals surface area contributed by atoms with E-state index in [0.717, 1.165) is 19.4 Å². The fraction of sp³-hybridized carbons (Fsp3) is 0.385. The summed E-state index contributed by atoms with van der Waals surface area (Å²) in [5, 5.41) is 12.3. The quantitative estimate of drug-likeness (QED) is 0.910. The first-order valence-corrected chi connectivity index (χ1v) is 6.26. The summed E-state index contributed by atoms with van der Waals surface area (Å²) in [6.07, 6.45) is 1.82. The maximum atomic E-state index is 11.8. The number of nitrogens with zero attached hydrogens (tertiary/aromatic N) is 2. The Morgan fingerprint density at radius 3 is 3.17 bits per heavy atom. The summed E-state index contributed by atoms with van der Waals surface area (Å²) in [5.74, 6) is -0.112. The fourth-order valence-corrected chi connectivity index (χ4v) is 2.30. The van der Waals surface area contributed by atoms with Crippen LogP contribution in [0.5, 0.6) is 0 Å². The van der Waals surface area contributed by atoms with Gasteiger partial charge in [-0.15, -0.1) is 0 Å². The van der Waals surface area contributed by atoms with Gasteiger partial charge >= 0.3 is 0 Å². The molecule has 2 rings (SSSR count). The van der Waals surface area contributed by atoms with Gasteiger partial charge in [0.15, 0.2) is 0 Å². The Labute approximate surface area is 111 Å². The minimum absolute atomic E-state index is 0.112. The van der Waals surface area contributed by atoms with E-state index >= 15 is 0 Å². The van der Waals surface area contributed by atoms with Gasteiger partial charge in [-0.3, -0.25) is 9.69 Å². The molecule has 1 aromatic carbocycles. The molecule has 1 heterocycles. The first kappa shape index (κ1) is 12.9. The number of halogens is 1. The molecule has 4 nitrogen and oxygen atoms in total. The SMILES string of the molecule is N#CC1CCCN1CC(=O)Nc1cccc(Cl)c1. The molecule has 1 aliphatic heterocycles. The van der Waals surface area contributed by atoms with Gasteiger partial charge in [-0.05, 0) is 31.0 Å². The van der Waals surface area contributed by atoms with E-state index in [-0.39, 0.29) is 18.5 Å². The molecule has 5 heteroatoms. The second-order valence-corrected chi connectivity index (χ2v) is 4.75. The molecule has 1 saturated heterocycles. The van der Waals surface area contributed by atoms with Crippen molar-refractivity contribution in [3.8, 4) is 6.07 Å². The lowest BCUT2D eigenvalue weighted by Crippen LogP contribution is -2.36. The lowest BCUT2D eigenvalue weighted by molar-refractivity contribution is -0.117. The van der Waals surface area contributed by atoms with Gasteiger partial charge in [-0.1, -0.05) is 17.7 Å². The van der Waals surface area contributed by atoms with Crippen LogP contribution in [0.25, 0.3) is 0 Å². The number of benzene rings is 1. The summed E-state index contributed by atoms with van der Waals surface area (Å²) in [6.45, 7) is 1.06. The highest BCUT2D eigenvalue weighted by atomic mass is 35.5. The molecule has 1 atom stereocenters. The Kier molecular flexibility index (Phi) is 4.19. The van der Waals surface area contributed by atoms with Gasteiger partial charge in [0.2, 0.25) is 5.91 Å². The Hall–Kier alpha value is -1.57. The molecule has 1 amide bonds. The van der Waals surface area contributed by atoms with E-state index in [1.54, 1.807) is 24.3 Å². The zero-order valence-electron chi connectivity index (χ0n) is 9.90. The Bertz CT molecular complexity index is 483. The van der Waals surface area contributed by atoms with Crippen LogP contribution in [-0.2, 0) is 4.79 Å². The third-order valence-electron chi connectivity index (χ3n) is 2.97. The Morgan fingerprint density at radius 2 is 2.44 bits per heavy atom. The topological polar surface area (TPSA) is 56.1 Å². The molecule has 0 bridgehead atoms. The number of rotatable bonds is 3. The third kappa shape index (κ3) is 3.22. The van der Waals surface area contributed by atoms with Crippen LogP contribution in [0.15, 0.2) is 24.3 Å². The van der Waals surface area contributed by atoms with E-state index in [1.165, 1.54) is 0 Å². The lowest BCUT2D eigenvalue weighted by Gasteiger charge is -2.18. The predicted molar refractivity (Wildman–Crippen MR) is 70.3 cm³/mol. The van der Waals surface area contributed by atoms with Gasteiger partial charge in [0, 0.05) is 17.3 Å². The molecule has 0 aromatic heterocycles. The Balaban J connectivity index is 1.91.